The Morgan fingerprint density at radius 3 is 2.57 bits per heavy atom. The third kappa shape index (κ3) is 2.24. The van der Waals surface area contributed by atoms with Gasteiger partial charge in [-0.2, -0.15) is 0 Å². The molecule has 1 saturated carbocycles. The van der Waals surface area contributed by atoms with Gasteiger partial charge in [0.2, 0.25) is 0 Å². The average Bonchev–Trinajstić information content (AvgIpc) is 2.61. The molecule has 2 atom stereocenters. The Morgan fingerprint density at radius 1 is 1.64 bits per heavy atom. The van der Waals surface area contributed by atoms with Crippen LogP contribution in [0.25, 0.3) is 0 Å². The van der Waals surface area contributed by atoms with Gasteiger partial charge in [0, 0.05) is 13.4 Å². The van der Waals surface area contributed by atoms with E-state index in [1.54, 1.807) is 0 Å². The van der Waals surface area contributed by atoms with Crippen LogP contribution in [0.1, 0.15) is 6.42 Å². The highest BCUT2D eigenvalue weighted by Crippen LogP contribution is 2.53. The van der Waals surface area contributed by atoms with Crippen molar-refractivity contribution < 1.29 is 23.1 Å². The summed E-state index contributed by atoms with van der Waals surface area (Å²) in [7, 11) is -1.69. The van der Waals surface area contributed by atoms with Crippen LogP contribution >= 0.6 is 0 Å². The summed E-state index contributed by atoms with van der Waals surface area (Å²) in [5.74, 6) is -1.33. The normalized spacial score (nSPS) is 31.4. The van der Waals surface area contributed by atoms with Crippen molar-refractivity contribution in [2.24, 2.45) is 11.3 Å². The van der Waals surface area contributed by atoms with Crippen molar-refractivity contribution in [3.63, 3.8) is 0 Å². The van der Waals surface area contributed by atoms with Gasteiger partial charge in [-0.3, -0.25) is 4.79 Å². The van der Waals surface area contributed by atoms with E-state index in [1.165, 1.54) is 7.11 Å². The highest BCUT2D eigenvalue weighted by atomic mass is 32.2. The summed E-state index contributed by atoms with van der Waals surface area (Å²) in [4.78, 5) is 10.9. The molecule has 0 amide bonds. The van der Waals surface area contributed by atoms with Crippen molar-refractivity contribution in [1.82, 2.24) is 0 Å². The predicted octanol–water partition coefficient (Wildman–Crippen LogP) is -0.232. The Bertz CT molecular complexity index is 334. The van der Waals surface area contributed by atoms with Gasteiger partial charge in [-0.15, -0.1) is 0 Å². The number of carboxylic acids is 1. The molecule has 0 aromatic carbocycles. The number of hydrogen-bond donors (Lipinski definition) is 1. The zero-order valence-electron chi connectivity index (χ0n) is 8.19. The van der Waals surface area contributed by atoms with E-state index >= 15 is 0 Å². The number of hydrogen-bond acceptors (Lipinski definition) is 4. The first-order valence-electron chi connectivity index (χ1n) is 4.22. The van der Waals surface area contributed by atoms with E-state index in [-0.39, 0.29) is 18.3 Å². The first kappa shape index (κ1) is 11.5. The van der Waals surface area contributed by atoms with Crippen LogP contribution < -0.4 is 0 Å². The van der Waals surface area contributed by atoms with Crippen LogP contribution in [0.2, 0.25) is 0 Å². The Kier molecular flexibility index (Phi) is 2.87. The largest absolute Gasteiger partial charge is 0.481 e. The van der Waals surface area contributed by atoms with Gasteiger partial charge in [0.1, 0.15) is 9.84 Å². The Labute approximate surface area is 83.0 Å². The molecule has 1 rings (SSSR count). The molecule has 0 aliphatic heterocycles. The van der Waals surface area contributed by atoms with Crippen molar-refractivity contribution in [3.05, 3.63) is 0 Å². The van der Waals surface area contributed by atoms with Gasteiger partial charge >= 0.3 is 5.97 Å². The molecule has 1 N–H and O–H groups in total. The highest BCUT2D eigenvalue weighted by molar-refractivity contribution is 7.90. The van der Waals surface area contributed by atoms with Crippen LogP contribution in [0.3, 0.4) is 0 Å². The van der Waals surface area contributed by atoms with Gasteiger partial charge in [0.25, 0.3) is 0 Å². The van der Waals surface area contributed by atoms with Crippen LogP contribution in [0.4, 0.5) is 0 Å². The smallest absolute Gasteiger partial charge is 0.312 e. The van der Waals surface area contributed by atoms with Crippen LogP contribution in [0.15, 0.2) is 0 Å². The number of ether oxygens (including phenoxy) is 1. The van der Waals surface area contributed by atoms with E-state index in [1.807, 2.05) is 0 Å². The fourth-order valence-corrected chi connectivity index (χ4v) is 2.89. The first-order valence-corrected chi connectivity index (χ1v) is 6.28. The van der Waals surface area contributed by atoms with Crippen molar-refractivity contribution in [3.8, 4) is 0 Å². The van der Waals surface area contributed by atoms with Crippen molar-refractivity contribution in [2.75, 3.05) is 25.7 Å². The number of aliphatic carboxylic acids is 1. The maximum Gasteiger partial charge on any atom is 0.312 e. The maximum atomic E-state index is 11.0. The van der Waals surface area contributed by atoms with Crippen LogP contribution in [-0.2, 0) is 19.4 Å². The zero-order valence-corrected chi connectivity index (χ0v) is 9.00. The monoisotopic (exact) mass is 222 g/mol. The van der Waals surface area contributed by atoms with Crippen LogP contribution in [0.5, 0.6) is 0 Å². The van der Waals surface area contributed by atoms with E-state index in [0.717, 1.165) is 6.26 Å². The fourth-order valence-electron chi connectivity index (χ4n) is 1.72. The molecule has 5 nitrogen and oxygen atoms in total. The van der Waals surface area contributed by atoms with Gasteiger partial charge in [-0.1, -0.05) is 0 Å². The second-order valence-electron chi connectivity index (χ2n) is 3.89. The predicted molar refractivity (Wildman–Crippen MR) is 49.8 cm³/mol. The summed E-state index contributed by atoms with van der Waals surface area (Å²) in [6.07, 6.45) is 1.51. The minimum Gasteiger partial charge on any atom is -0.481 e. The van der Waals surface area contributed by atoms with Gasteiger partial charge in [-0.05, 0) is 12.3 Å². The molecule has 82 valence electrons. The average molecular weight is 222 g/mol. The molecule has 0 heterocycles. The summed E-state index contributed by atoms with van der Waals surface area (Å²) < 4.78 is 26.7. The lowest BCUT2D eigenvalue weighted by Gasteiger charge is -2.09. The van der Waals surface area contributed by atoms with Crippen LogP contribution in [0, 0.1) is 11.3 Å². The molecule has 0 spiro atoms. The fraction of sp³-hybridized carbons (Fsp3) is 0.875. The molecule has 0 radical (unpaired) electrons. The van der Waals surface area contributed by atoms with Crippen molar-refractivity contribution in [2.45, 2.75) is 6.42 Å². The summed E-state index contributed by atoms with van der Waals surface area (Å²) in [5.41, 5.74) is -0.960. The van der Waals surface area contributed by atoms with Crippen molar-refractivity contribution >= 4 is 15.8 Å². The van der Waals surface area contributed by atoms with Crippen LogP contribution in [-0.4, -0.2) is 45.2 Å². The Hall–Kier alpha value is -0.620. The first-order chi connectivity index (χ1) is 6.32. The summed E-state index contributed by atoms with van der Waals surface area (Å²) >= 11 is 0. The third-order valence-corrected chi connectivity index (χ3v) is 3.57. The molecular formula is C8H14O5S. The number of carboxylic acid groups (broad SMARTS) is 1. The van der Waals surface area contributed by atoms with E-state index in [4.69, 9.17) is 9.84 Å². The zero-order chi connectivity index (χ0) is 11.0. The lowest BCUT2D eigenvalue weighted by atomic mass is 10.1. The number of methoxy groups -OCH3 is 1. The van der Waals surface area contributed by atoms with E-state index in [0.29, 0.717) is 6.42 Å². The standard InChI is InChI=1S/C8H14O5S/c1-13-5-8(7(9)10)3-6(8)4-14(2,11)12/h6H,3-5H2,1-2H3,(H,9,10)/t6-,8+/m1/s1. The molecule has 0 aromatic heterocycles. The van der Waals surface area contributed by atoms with Gasteiger partial charge in [-0.25, -0.2) is 8.42 Å². The summed E-state index contributed by atoms with van der Waals surface area (Å²) in [6, 6.07) is 0. The third-order valence-electron chi connectivity index (χ3n) is 2.56. The molecular weight excluding hydrogens is 208 g/mol. The minimum atomic E-state index is -3.10. The molecule has 1 aliphatic rings. The molecule has 6 heteroatoms. The number of carbonyl (C=O) groups is 1. The Balaban J connectivity index is 2.67. The molecule has 0 aromatic rings. The number of rotatable bonds is 5. The SMILES string of the molecule is COC[C@@]1(C(=O)O)C[C@@H]1CS(C)(=O)=O. The van der Waals surface area contributed by atoms with E-state index in [9.17, 15) is 13.2 Å². The molecule has 0 saturated heterocycles. The quantitative estimate of drug-likeness (QED) is 0.695. The highest BCUT2D eigenvalue weighted by Gasteiger charge is 2.61. The topological polar surface area (TPSA) is 80.7 Å². The minimum absolute atomic E-state index is 0.0668. The number of sulfone groups is 1. The lowest BCUT2D eigenvalue weighted by molar-refractivity contribution is -0.146. The molecule has 1 aliphatic carbocycles. The van der Waals surface area contributed by atoms with E-state index in [2.05, 4.69) is 0 Å². The Morgan fingerprint density at radius 2 is 2.21 bits per heavy atom. The summed E-state index contributed by atoms with van der Waals surface area (Å²) in [5, 5.41) is 8.93. The molecule has 0 unspecified atom stereocenters. The molecule has 0 bridgehead atoms. The van der Waals surface area contributed by atoms with Gasteiger partial charge in [0.15, 0.2) is 0 Å². The lowest BCUT2D eigenvalue weighted by Crippen LogP contribution is -2.25. The molecule has 14 heavy (non-hydrogen) atoms. The molecule has 1 fully saturated rings. The second kappa shape index (κ2) is 3.51. The van der Waals surface area contributed by atoms with Gasteiger partial charge < -0.3 is 9.84 Å². The van der Waals surface area contributed by atoms with Gasteiger partial charge in [0.05, 0.1) is 17.8 Å². The van der Waals surface area contributed by atoms with E-state index < -0.39 is 21.2 Å². The maximum absolute atomic E-state index is 11.0. The second-order valence-corrected chi connectivity index (χ2v) is 6.07. The summed E-state index contributed by atoms with van der Waals surface area (Å²) in [6.45, 7) is 0.0858. The van der Waals surface area contributed by atoms with Crippen molar-refractivity contribution in [1.29, 1.82) is 0 Å².